The molecule has 1 heterocycles. The fourth-order valence-corrected chi connectivity index (χ4v) is 2.19. The molecule has 1 fully saturated rings. The number of nitrogens with two attached hydrogens (primary N) is 1. The van der Waals surface area contributed by atoms with Gasteiger partial charge < -0.3 is 16.0 Å². The summed E-state index contributed by atoms with van der Waals surface area (Å²) in [6.07, 6.45) is 3.34. The fraction of sp³-hybridized carbons (Fsp3) is 0.923. The summed E-state index contributed by atoms with van der Waals surface area (Å²) in [6.45, 7) is 9.37. The molecule has 2 unspecified atom stereocenters. The molecule has 0 aliphatic carbocycles. The van der Waals surface area contributed by atoms with E-state index in [9.17, 15) is 4.79 Å². The highest BCUT2D eigenvalue weighted by atomic mass is 16.1. The first-order chi connectivity index (χ1) is 8.04. The standard InChI is InChI=1S/C13H27N3O/c1-4-7-16-8-5-12(6-9-16)15-13(17)10(2)11(3)14/h10-12H,4-9,14H2,1-3H3,(H,15,17). The molecule has 0 aromatic carbocycles. The van der Waals surface area contributed by atoms with Crippen molar-refractivity contribution in [3.05, 3.63) is 0 Å². The summed E-state index contributed by atoms with van der Waals surface area (Å²) in [5.41, 5.74) is 5.73. The zero-order chi connectivity index (χ0) is 12.8. The Balaban J connectivity index is 2.28. The SMILES string of the molecule is CCCN1CCC(NC(=O)C(C)C(C)N)CC1. The van der Waals surface area contributed by atoms with Gasteiger partial charge in [0.05, 0.1) is 0 Å². The third-order valence-corrected chi connectivity index (χ3v) is 3.68. The number of rotatable bonds is 5. The number of nitrogens with one attached hydrogen (secondary N) is 1. The van der Waals surface area contributed by atoms with E-state index < -0.39 is 0 Å². The van der Waals surface area contributed by atoms with E-state index in [4.69, 9.17) is 5.73 Å². The van der Waals surface area contributed by atoms with Gasteiger partial charge in [-0.05, 0) is 32.7 Å². The second-order valence-corrected chi connectivity index (χ2v) is 5.27. The first-order valence-electron chi connectivity index (χ1n) is 6.83. The molecule has 0 saturated carbocycles. The molecule has 2 atom stereocenters. The Morgan fingerprint density at radius 3 is 2.47 bits per heavy atom. The minimum absolute atomic E-state index is 0.0739. The second-order valence-electron chi connectivity index (χ2n) is 5.27. The van der Waals surface area contributed by atoms with Crippen molar-refractivity contribution in [2.75, 3.05) is 19.6 Å². The first kappa shape index (κ1) is 14.5. The van der Waals surface area contributed by atoms with Gasteiger partial charge in [0.15, 0.2) is 0 Å². The number of likely N-dealkylation sites (tertiary alicyclic amines) is 1. The summed E-state index contributed by atoms with van der Waals surface area (Å²) < 4.78 is 0. The molecule has 3 N–H and O–H groups in total. The average Bonchev–Trinajstić information content (AvgIpc) is 2.30. The first-order valence-corrected chi connectivity index (χ1v) is 6.83. The lowest BCUT2D eigenvalue weighted by Crippen LogP contribution is -2.48. The molecule has 4 heteroatoms. The van der Waals surface area contributed by atoms with Crippen molar-refractivity contribution in [3.8, 4) is 0 Å². The van der Waals surface area contributed by atoms with E-state index in [1.807, 2.05) is 13.8 Å². The van der Waals surface area contributed by atoms with Crippen molar-refractivity contribution in [1.82, 2.24) is 10.2 Å². The van der Waals surface area contributed by atoms with Gasteiger partial charge in [0.2, 0.25) is 5.91 Å². The van der Waals surface area contributed by atoms with Crippen LogP contribution in [0.5, 0.6) is 0 Å². The van der Waals surface area contributed by atoms with Crippen LogP contribution in [0.25, 0.3) is 0 Å². The van der Waals surface area contributed by atoms with Crippen LogP contribution in [0, 0.1) is 5.92 Å². The predicted molar refractivity (Wildman–Crippen MR) is 70.7 cm³/mol. The minimum atomic E-state index is -0.0938. The molecule has 4 nitrogen and oxygen atoms in total. The van der Waals surface area contributed by atoms with Crippen molar-refractivity contribution in [2.24, 2.45) is 11.7 Å². The molecule has 0 aromatic rings. The summed E-state index contributed by atoms with van der Waals surface area (Å²) >= 11 is 0. The van der Waals surface area contributed by atoms with E-state index in [0.29, 0.717) is 6.04 Å². The van der Waals surface area contributed by atoms with Gasteiger partial charge in [-0.15, -0.1) is 0 Å². The lowest BCUT2D eigenvalue weighted by atomic mass is 10.0. The fourth-order valence-electron chi connectivity index (χ4n) is 2.19. The van der Waals surface area contributed by atoms with Gasteiger partial charge in [-0.1, -0.05) is 13.8 Å². The molecular weight excluding hydrogens is 214 g/mol. The summed E-state index contributed by atoms with van der Waals surface area (Å²) in [4.78, 5) is 14.3. The van der Waals surface area contributed by atoms with E-state index in [0.717, 1.165) is 25.9 Å². The van der Waals surface area contributed by atoms with Gasteiger partial charge >= 0.3 is 0 Å². The van der Waals surface area contributed by atoms with Gasteiger partial charge in [0, 0.05) is 31.1 Å². The smallest absolute Gasteiger partial charge is 0.224 e. The minimum Gasteiger partial charge on any atom is -0.353 e. The van der Waals surface area contributed by atoms with Crippen LogP contribution in [0.3, 0.4) is 0 Å². The van der Waals surface area contributed by atoms with Crippen LogP contribution in [-0.2, 0) is 4.79 Å². The Labute approximate surface area is 105 Å². The Morgan fingerprint density at radius 2 is 2.00 bits per heavy atom. The lowest BCUT2D eigenvalue weighted by molar-refractivity contribution is -0.126. The van der Waals surface area contributed by atoms with E-state index in [-0.39, 0.29) is 17.9 Å². The maximum atomic E-state index is 11.9. The molecule has 1 aliphatic heterocycles. The summed E-state index contributed by atoms with van der Waals surface area (Å²) in [5, 5.41) is 3.12. The quantitative estimate of drug-likeness (QED) is 0.754. The van der Waals surface area contributed by atoms with E-state index >= 15 is 0 Å². The molecule has 0 bridgehead atoms. The Bertz CT molecular complexity index is 235. The van der Waals surface area contributed by atoms with Crippen LogP contribution in [0.1, 0.15) is 40.0 Å². The van der Waals surface area contributed by atoms with Crippen LogP contribution in [0.15, 0.2) is 0 Å². The zero-order valence-electron chi connectivity index (χ0n) is 11.4. The van der Waals surface area contributed by atoms with Crippen molar-refractivity contribution in [1.29, 1.82) is 0 Å². The van der Waals surface area contributed by atoms with Crippen LogP contribution in [-0.4, -0.2) is 42.5 Å². The van der Waals surface area contributed by atoms with Crippen LogP contribution < -0.4 is 11.1 Å². The van der Waals surface area contributed by atoms with Crippen molar-refractivity contribution in [3.63, 3.8) is 0 Å². The van der Waals surface area contributed by atoms with Crippen LogP contribution >= 0.6 is 0 Å². The number of piperidine rings is 1. The monoisotopic (exact) mass is 241 g/mol. The predicted octanol–water partition coefficient (Wildman–Crippen LogP) is 0.960. The maximum absolute atomic E-state index is 11.9. The Morgan fingerprint density at radius 1 is 1.41 bits per heavy atom. The van der Waals surface area contributed by atoms with Gasteiger partial charge in [-0.3, -0.25) is 4.79 Å². The summed E-state index contributed by atoms with van der Waals surface area (Å²) in [7, 11) is 0. The number of nitrogens with zero attached hydrogens (tertiary/aromatic N) is 1. The molecule has 0 spiro atoms. The van der Waals surface area contributed by atoms with Crippen LogP contribution in [0.2, 0.25) is 0 Å². The van der Waals surface area contributed by atoms with Crippen LogP contribution in [0.4, 0.5) is 0 Å². The normalized spacial score (nSPS) is 22.1. The Hall–Kier alpha value is -0.610. The highest BCUT2D eigenvalue weighted by molar-refractivity contribution is 5.79. The number of hydrogen-bond acceptors (Lipinski definition) is 3. The average molecular weight is 241 g/mol. The largest absolute Gasteiger partial charge is 0.353 e. The topological polar surface area (TPSA) is 58.4 Å². The molecule has 1 saturated heterocycles. The molecule has 0 radical (unpaired) electrons. The van der Waals surface area contributed by atoms with Gasteiger partial charge in [-0.2, -0.15) is 0 Å². The molecule has 1 aliphatic rings. The number of amides is 1. The van der Waals surface area contributed by atoms with E-state index in [2.05, 4.69) is 17.1 Å². The number of hydrogen-bond donors (Lipinski definition) is 2. The highest BCUT2D eigenvalue weighted by Gasteiger charge is 2.23. The van der Waals surface area contributed by atoms with E-state index in [1.165, 1.54) is 13.0 Å². The highest BCUT2D eigenvalue weighted by Crippen LogP contribution is 2.11. The molecule has 1 amide bonds. The Kier molecular flexibility index (Phi) is 5.92. The van der Waals surface area contributed by atoms with E-state index in [1.54, 1.807) is 0 Å². The zero-order valence-corrected chi connectivity index (χ0v) is 11.4. The van der Waals surface area contributed by atoms with Gasteiger partial charge in [-0.25, -0.2) is 0 Å². The number of carbonyl (C=O) groups excluding carboxylic acids is 1. The van der Waals surface area contributed by atoms with Gasteiger partial charge in [0.25, 0.3) is 0 Å². The summed E-state index contributed by atoms with van der Waals surface area (Å²) in [6, 6.07) is 0.270. The molecule has 100 valence electrons. The third kappa shape index (κ3) is 4.64. The second kappa shape index (κ2) is 6.97. The van der Waals surface area contributed by atoms with Crippen molar-refractivity contribution < 1.29 is 4.79 Å². The molecular formula is C13H27N3O. The summed E-state index contributed by atoms with van der Waals surface area (Å²) in [5.74, 6) is 0.0117. The third-order valence-electron chi connectivity index (χ3n) is 3.68. The lowest BCUT2D eigenvalue weighted by Gasteiger charge is -2.32. The van der Waals surface area contributed by atoms with Gasteiger partial charge in [0.1, 0.15) is 0 Å². The van der Waals surface area contributed by atoms with Crippen molar-refractivity contribution >= 4 is 5.91 Å². The number of carbonyl (C=O) groups is 1. The maximum Gasteiger partial charge on any atom is 0.224 e. The molecule has 1 rings (SSSR count). The molecule has 17 heavy (non-hydrogen) atoms. The van der Waals surface area contributed by atoms with Crippen molar-refractivity contribution in [2.45, 2.75) is 52.1 Å². The molecule has 0 aromatic heterocycles.